The molecule has 1 aromatic rings. The zero-order valence-corrected chi connectivity index (χ0v) is 8.91. The Morgan fingerprint density at radius 1 is 1.14 bits per heavy atom. The first-order valence-corrected chi connectivity index (χ1v) is 4.92. The summed E-state index contributed by atoms with van der Waals surface area (Å²) in [5, 5.41) is 0. The lowest BCUT2D eigenvalue weighted by Gasteiger charge is -2.11. The van der Waals surface area contributed by atoms with E-state index in [2.05, 4.69) is 56.1 Å². The molecule has 0 amide bonds. The molecular formula is C13H15N. The highest BCUT2D eigenvalue weighted by Gasteiger charge is 2.12. The van der Waals surface area contributed by atoms with E-state index >= 15 is 0 Å². The first kappa shape index (κ1) is 9.20. The van der Waals surface area contributed by atoms with Crippen molar-refractivity contribution in [1.29, 1.82) is 0 Å². The second-order valence-electron chi connectivity index (χ2n) is 4.48. The lowest BCUT2D eigenvalue weighted by molar-refractivity contribution is 0.633. The predicted octanol–water partition coefficient (Wildman–Crippen LogP) is 3.46. The van der Waals surface area contributed by atoms with Crippen molar-refractivity contribution in [3.05, 3.63) is 41.2 Å². The maximum atomic E-state index is 4.41. The quantitative estimate of drug-likeness (QED) is 0.603. The molecule has 14 heavy (non-hydrogen) atoms. The van der Waals surface area contributed by atoms with Gasteiger partial charge in [-0.3, -0.25) is 4.98 Å². The van der Waals surface area contributed by atoms with Gasteiger partial charge >= 0.3 is 0 Å². The van der Waals surface area contributed by atoms with Crippen LogP contribution in [0.15, 0.2) is 24.4 Å². The number of hydrogen-bond donors (Lipinski definition) is 0. The molecule has 0 atom stereocenters. The number of nitrogens with zero attached hydrogens (tertiary/aromatic N) is 1. The minimum Gasteiger partial charge on any atom is -0.256 e. The van der Waals surface area contributed by atoms with Gasteiger partial charge in [-0.2, -0.15) is 0 Å². The van der Waals surface area contributed by atoms with Crippen LogP contribution < -0.4 is 0 Å². The largest absolute Gasteiger partial charge is 0.256 e. The molecule has 72 valence electrons. The third kappa shape index (κ3) is 1.77. The Labute approximate surface area is 85.2 Å². The number of fused-ring (bicyclic) bond motifs is 1. The third-order valence-electron chi connectivity index (χ3n) is 2.45. The van der Waals surface area contributed by atoms with E-state index in [1.165, 1.54) is 11.1 Å². The van der Waals surface area contributed by atoms with E-state index in [9.17, 15) is 0 Å². The summed E-state index contributed by atoms with van der Waals surface area (Å²) in [6, 6.07) is 2.17. The van der Waals surface area contributed by atoms with Crippen LogP contribution >= 0.6 is 0 Å². The molecule has 1 heteroatoms. The SMILES string of the molecule is Cc1cnc2c(c1)C=CC(C)(C)C=C2. The molecule has 1 nitrogen and oxygen atoms in total. The topological polar surface area (TPSA) is 12.9 Å². The molecule has 0 radical (unpaired) electrons. The van der Waals surface area contributed by atoms with Crippen LogP contribution in [0.3, 0.4) is 0 Å². The molecule has 0 N–H and O–H groups in total. The van der Waals surface area contributed by atoms with Gasteiger partial charge in [0.05, 0.1) is 5.69 Å². The van der Waals surface area contributed by atoms with Gasteiger partial charge in [0.2, 0.25) is 0 Å². The molecule has 2 rings (SSSR count). The maximum Gasteiger partial charge on any atom is 0.0699 e. The highest BCUT2D eigenvalue weighted by Crippen LogP contribution is 2.26. The Morgan fingerprint density at radius 2 is 1.86 bits per heavy atom. The summed E-state index contributed by atoms with van der Waals surface area (Å²) in [5.74, 6) is 0. The number of allylic oxidation sites excluding steroid dienone is 2. The number of pyridine rings is 1. The lowest BCUT2D eigenvalue weighted by Crippen LogP contribution is -1.99. The predicted molar refractivity (Wildman–Crippen MR) is 60.8 cm³/mol. The molecule has 0 bridgehead atoms. The van der Waals surface area contributed by atoms with Gasteiger partial charge in [-0.15, -0.1) is 0 Å². The van der Waals surface area contributed by atoms with Crippen molar-refractivity contribution in [3.63, 3.8) is 0 Å². The van der Waals surface area contributed by atoms with Gasteiger partial charge in [-0.1, -0.05) is 32.1 Å². The average molecular weight is 185 g/mol. The standard InChI is InChI=1S/C13H15N/c1-10-8-11-4-6-13(2,3)7-5-12(11)14-9-10/h4-9H,1-3H3. The molecule has 1 aromatic heterocycles. The van der Waals surface area contributed by atoms with E-state index in [0.717, 1.165) is 5.69 Å². The Hall–Kier alpha value is -1.37. The van der Waals surface area contributed by atoms with Crippen LogP contribution in [0.5, 0.6) is 0 Å². The van der Waals surface area contributed by atoms with E-state index < -0.39 is 0 Å². The van der Waals surface area contributed by atoms with Crippen molar-refractivity contribution >= 4 is 12.2 Å². The summed E-state index contributed by atoms with van der Waals surface area (Å²) in [6.07, 6.45) is 10.6. The van der Waals surface area contributed by atoms with Crippen molar-refractivity contribution in [2.24, 2.45) is 5.41 Å². The summed E-state index contributed by atoms with van der Waals surface area (Å²) in [6.45, 7) is 6.46. The number of hydrogen-bond acceptors (Lipinski definition) is 1. The van der Waals surface area contributed by atoms with E-state index in [-0.39, 0.29) is 5.41 Å². The first-order chi connectivity index (χ1) is 6.57. The fraction of sp³-hybridized carbons (Fsp3) is 0.308. The Kier molecular flexibility index (Phi) is 2.03. The zero-order chi connectivity index (χ0) is 10.2. The van der Waals surface area contributed by atoms with Crippen LogP contribution in [0.25, 0.3) is 12.2 Å². The van der Waals surface area contributed by atoms with Crippen LogP contribution in [-0.4, -0.2) is 4.98 Å². The van der Waals surface area contributed by atoms with E-state index in [4.69, 9.17) is 0 Å². The molecule has 1 aliphatic rings. The molecule has 0 fully saturated rings. The van der Waals surface area contributed by atoms with Crippen LogP contribution in [0, 0.1) is 12.3 Å². The van der Waals surface area contributed by atoms with Crippen molar-refractivity contribution < 1.29 is 0 Å². The summed E-state index contributed by atoms with van der Waals surface area (Å²) in [5.41, 5.74) is 3.62. The van der Waals surface area contributed by atoms with Gasteiger partial charge in [0.1, 0.15) is 0 Å². The molecule has 1 heterocycles. The highest BCUT2D eigenvalue weighted by molar-refractivity contribution is 5.66. The minimum atomic E-state index is 0.134. The normalized spacial score (nSPS) is 17.6. The molecule has 0 saturated heterocycles. The van der Waals surface area contributed by atoms with E-state index in [1.807, 2.05) is 6.20 Å². The van der Waals surface area contributed by atoms with Crippen LogP contribution in [0.2, 0.25) is 0 Å². The van der Waals surface area contributed by atoms with Gasteiger partial charge in [0.25, 0.3) is 0 Å². The van der Waals surface area contributed by atoms with Crippen molar-refractivity contribution in [2.45, 2.75) is 20.8 Å². The number of aryl methyl sites for hydroxylation is 1. The molecule has 1 aliphatic carbocycles. The molecule has 0 aliphatic heterocycles. The smallest absolute Gasteiger partial charge is 0.0699 e. The second-order valence-corrected chi connectivity index (χ2v) is 4.48. The molecule has 0 aromatic carbocycles. The minimum absolute atomic E-state index is 0.134. The van der Waals surface area contributed by atoms with E-state index in [0.29, 0.717) is 0 Å². The van der Waals surface area contributed by atoms with Crippen molar-refractivity contribution in [1.82, 2.24) is 4.98 Å². The summed E-state index contributed by atoms with van der Waals surface area (Å²) in [7, 11) is 0. The van der Waals surface area contributed by atoms with Gasteiger partial charge in [0.15, 0.2) is 0 Å². The molecule has 0 saturated carbocycles. The summed E-state index contributed by atoms with van der Waals surface area (Å²) >= 11 is 0. The maximum absolute atomic E-state index is 4.41. The van der Waals surface area contributed by atoms with Crippen molar-refractivity contribution in [2.75, 3.05) is 0 Å². The van der Waals surface area contributed by atoms with Gasteiger partial charge in [-0.05, 0) is 24.6 Å². The van der Waals surface area contributed by atoms with Crippen molar-refractivity contribution in [3.8, 4) is 0 Å². The third-order valence-corrected chi connectivity index (χ3v) is 2.45. The number of aromatic nitrogens is 1. The first-order valence-electron chi connectivity index (χ1n) is 4.92. The molecule has 0 unspecified atom stereocenters. The van der Waals surface area contributed by atoms with Gasteiger partial charge in [0, 0.05) is 17.2 Å². The Balaban J connectivity index is 2.54. The Bertz CT molecular complexity index is 411. The molecule has 0 spiro atoms. The van der Waals surface area contributed by atoms with Gasteiger partial charge in [-0.25, -0.2) is 0 Å². The van der Waals surface area contributed by atoms with Crippen LogP contribution in [0.1, 0.15) is 30.7 Å². The fourth-order valence-corrected chi connectivity index (χ4v) is 1.53. The number of rotatable bonds is 0. The fourth-order valence-electron chi connectivity index (χ4n) is 1.53. The lowest BCUT2D eigenvalue weighted by atomic mass is 9.93. The average Bonchev–Trinajstić information content (AvgIpc) is 2.26. The molecular weight excluding hydrogens is 170 g/mol. The Morgan fingerprint density at radius 3 is 2.64 bits per heavy atom. The van der Waals surface area contributed by atoms with Gasteiger partial charge < -0.3 is 0 Å². The monoisotopic (exact) mass is 185 g/mol. The second kappa shape index (κ2) is 3.09. The zero-order valence-electron chi connectivity index (χ0n) is 8.91. The van der Waals surface area contributed by atoms with Crippen LogP contribution in [0.4, 0.5) is 0 Å². The summed E-state index contributed by atoms with van der Waals surface area (Å²) in [4.78, 5) is 4.41. The highest BCUT2D eigenvalue weighted by atomic mass is 14.7. The van der Waals surface area contributed by atoms with E-state index in [1.54, 1.807) is 0 Å². The van der Waals surface area contributed by atoms with Crippen LogP contribution in [-0.2, 0) is 0 Å². The summed E-state index contributed by atoms with van der Waals surface area (Å²) < 4.78 is 0.